The lowest BCUT2D eigenvalue weighted by Crippen LogP contribution is -2.34. The molecule has 0 aliphatic carbocycles. The Kier molecular flexibility index (Phi) is 6.34. The molecule has 3 rings (SSSR count). The molecule has 144 valence electrons. The summed E-state index contributed by atoms with van der Waals surface area (Å²) in [5.74, 6) is -0.517. The largest absolute Gasteiger partial charge is 0.460 e. The highest BCUT2D eigenvalue weighted by molar-refractivity contribution is 7.92. The molecule has 0 aromatic heterocycles. The third-order valence-electron chi connectivity index (χ3n) is 3.99. The highest BCUT2D eigenvalue weighted by atomic mass is 35.5. The van der Waals surface area contributed by atoms with Crippen LogP contribution in [0.2, 0.25) is 5.02 Å². The van der Waals surface area contributed by atoms with Crippen molar-refractivity contribution in [1.29, 1.82) is 0 Å². The van der Waals surface area contributed by atoms with Crippen LogP contribution in [-0.4, -0.2) is 27.5 Å². The summed E-state index contributed by atoms with van der Waals surface area (Å²) >= 11 is 6.24. The van der Waals surface area contributed by atoms with Crippen LogP contribution in [0.3, 0.4) is 0 Å². The van der Waals surface area contributed by atoms with Gasteiger partial charge in [-0.15, -0.1) is 0 Å². The van der Waals surface area contributed by atoms with Gasteiger partial charge in [0.2, 0.25) is 0 Å². The van der Waals surface area contributed by atoms with E-state index in [1.54, 1.807) is 72.8 Å². The van der Waals surface area contributed by atoms with Crippen LogP contribution in [0.5, 0.6) is 0 Å². The molecular formula is C21H18ClNO4S. The van der Waals surface area contributed by atoms with Gasteiger partial charge in [-0.25, -0.2) is 13.2 Å². The van der Waals surface area contributed by atoms with Gasteiger partial charge in [-0.1, -0.05) is 60.1 Å². The van der Waals surface area contributed by atoms with Crippen LogP contribution in [-0.2, 0) is 14.8 Å². The second kappa shape index (κ2) is 8.91. The molecule has 0 aliphatic rings. The van der Waals surface area contributed by atoms with E-state index in [1.165, 1.54) is 12.1 Å². The fraction of sp³-hybridized carbons (Fsp3) is 0.0952. The number of esters is 1. The standard InChI is InChI=1S/C21H18ClNO4S/c22-19-13-7-8-14-20(19)23(28(25,26)18-11-5-2-6-12-18)15-16-27-21(24)17-9-3-1-4-10-17/h1-14H,15-16H2. The zero-order valence-corrected chi connectivity index (χ0v) is 16.4. The molecule has 0 N–H and O–H groups in total. The topological polar surface area (TPSA) is 63.7 Å². The van der Waals surface area contributed by atoms with Gasteiger partial charge >= 0.3 is 5.97 Å². The van der Waals surface area contributed by atoms with Gasteiger partial charge in [-0.05, 0) is 36.4 Å². The molecular weight excluding hydrogens is 398 g/mol. The molecule has 0 heterocycles. The number of hydrogen-bond donors (Lipinski definition) is 0. The van der Waals surface area contributed by atoms with Crippen molar-refractivity contribution in [3.63, 3.8) is 0 Å². The van der Waals surface area contributed by atoms with Gasteiger partial charge in [-0.2, -0.15) is 0 Å². The van der Waals surface area contributed by atoms with Crippen LogP contribution >= 0.6 is 11.6 Å². The van der Waals surface area contributed by atoms with Crippen molar-refractivity contribution in [3.8, 4) is 0 Å². The van der Waals surface area contributed by atoms with Crippen molar-refractivity contribution in [3.05, 3.63) is 95.5 Å². The molecule has 0 bridgehead atoms. The quantitative estimate of drug-likeness (QED) is 0.537. The Labute approximate surface area is 169 Å². The van der Waals surface area contributed by atoms with Crippen LogP contribution in [0, 0.1) is 0 Å². The average molecular weight is 416 g/mol. The third-order valence-corrected chi connectivity index (χ3v) is 6.14. The lowest BCUT2D eigenvalue weighted by atomic mass is 10.2. The number of halogens is 1. The van der Waals surface area contributed by atoms with E-state index in [0.29, 0.717) is 11.3 Å². The Bertz CT molecular complexity index is 1040. The van der Waals surface area contributed by atoms with E-state index in [2.05, 4.69) is 0 Å². The zero-order valence-electron chi connectivity index (χ0n) is 14.9. The summed E-state index contributed by atoms with van der Waals surface area (Å²) in [5.41, 5.74) is 0.724. The molecule has 3 aromatic rings. The molecule has 0 spiro atoms. The van der Waals surface area contributed by atoms with Gasteiger partial charge in [0.15, 0.2) is 0 Å². The summed E-state index contributed by atoms with van der Waals surface area (Å²) in [6, 6.07) is 23.2. The van der Waals surface area contributed by atoms with E-state index in [4.69, 9.17) is 16.3 Å². The molecule has 3 aromatic carbocycles. The van der Waals surface area contributed by atoms with Gasteiger partial charge in [0, 0.05) is 0 Å². The molecule has 0 unspecified atom stereocenters. The van der Waals surface area contributed by atoms with E-state index in [1.807, 2.05) is 0 Å². The summed E-state index contributed by atoms with van der Waals surface area (Å²) < 4.78 is 32.7. The minimum absolute atomic E-state index is 0.0699. The number of para-hydroxylation sites is 1. The second-order valence-electron chi connectivity index (χ2n) is 5.84. The lowest BCUT2D eigenvalue weighted by Gasteiger charge is -2.25. The monoisotopic (exact) mass is 415 g/mol. The number of anilines is 1. The van der Waals surface area contributed by atoms with Crippen LogP contribution in [0.25, 0.3) is 0 Å². The van der Waals surface area contributed by atoms with E-state index < -0.39 is 16.0 Å². The minimum Gasteiger partial charge on any atom is -0.460 e. The van der Waals surface area contributed by atoms with Crippen LogP contribution < -0.4 is 4.31 Å². The molecule has 0 aliphatic heterocycles. The maximum absolute atomic E-state index is 13.2. The molecule has 0 fully saturated rings. The summed E-state index contributed by atoms with van der Waals surface area (Å²) in [5, 5.41) is 0.288. The van der Waals surface area contributed by atoms with Gasteiger partial charge in [0.1, 0.15) is 6.61 Å². The summed E-state index contributed by atoms with van der Waals surface area (Å²) in [6.07, 6.45) is 0. The number of carbonyl (C=O) groups is 1. The van der Waals surface area contributed by atoms with E-state index >= 15 is 0 Å². The fourth-order valence-corrected chi connectivity index (χ4v) is 4.40. The number of benzene rings is 3. The maximum atomic E-state index is 13.2. The second-order valence-corrected chi connectivity index (χ2v) is 8.11. The summed E-state index contributed by atoms with van der Waals surface area (Å²) in [7, 11) is -3.88. The van der Waals surface area contributed by atoms with Crippen molar-refractivity contribution >= 4 is 33.3 Å². The fourth-order valence-electron chi connectivity index (χ4n) is 2.62. The number of ether oxygens (including phenoxy) is 1. The minimum atomic E-state index is -3.88. The molecule has 0 amide bonds. The normalized spacial score (nSPS) is 11.0. The first kappa shape index (κ1) is 19.9. The predicted molar refractivity (Wildman–Crippen MR) is 109 cm³/mol. The number of carbonyl (C=O) groups excluding carboxylic acids is 1. The smallest absolute Gasteiger partial charge is 0.338 e. The first-order valence-electron chi connectivity index (χ1n) is 8.54. The average Bonchev–Trinajstić information content (AvgIpc) is 2.73. The van der Waals surface area contributed by atoms with E-state index in [-0.39, 0.29) is 23.1 Å². The molecule has 0 radical (unpaired) electrons. The Morgan fingerprint density at radius 3 is 2.07 bits per heavy atom. The molecule has 0 saturated heterocycles. The van der Waals surface area contributed by atoms with Crippen molar-refractivity contribution in [2.75, 3.05) is 17.5 Å². The van der Waals surface area contributed by atoms with E-state index in [0.717, 1.165) is 4.31 Å². The summed E-state index contributed by atoms with van der Waals surface area (Å²) in [6.45, 7) is -0.190. The van der Waals surface area contributed by atoms with Crippen molar-refractivity contribution in [2.24, 2.45) is 0 Å². The van der Waals surface area contributed by atoms with Gasteiger partial charge in [0.05, 0.1) is 27.7 Å². The number of sulfonamides is 1. The molecule has 5 nitrogen and oxygen atoms in total. The van der Waals surface area contributed by atoms with Gasteiger partial charge < -0.3 is 4.74 Å². The Hall–Kier alpha value is -2.83. The molecule has 0 atom stereocenters. The van der Waals surface area contributed by atoms with Gasteiger partial charge in [-0.3, -0.25) is 4.31 Å². The van der Waals surface area contributed by atoms with Crippen LogP contribution in [0.4, 0.5) is 5.69 Å². The zero-order chi connectivity index (χ0) is 20.0. The van der Waals surface area contributed by atoms with Crippen LogP contribution in [0.15, 0.2) is 89.8 Å². The van der Waals surface area contributed by atoms with Crippen LogP contribution in [0.1, 0.15) is 10.4 Å². The molecule has 28 heavy (non-hydrogen) atoms. The van der Waals surface area contributed by atoms with E-state index in [9.17, 15) is 13.2 Å². The number of hydrogen-bond acceptors (Lipinski definition) is 4. The van der Waals surface area contributed by atoms with Crippen molar-refractivity contribution < 1.29 is 17.9 Å². The summed E-state index contributed by atoms with van der Waals surface area (Å²) in [4.78, 5) is 12.3. The maximum Gasteiger partial charge on any atom is 0.338 e. The lowest BCUT2D eigenvalue weighted by molar-refractivity contribution is 0.0517. The SMILES string of the molecule is O=C(OCCN(c1ccccc1Cl)S(=O)(=O)c1ccccc1)c1ccccc1. The highest BCUT2D eigenvalue weighted by Gasteiger charge is 2.26. The third kappa shape index (κ3) is 4.52. The van der Waals surface area contributed by atoms with Gasteiger partial charge in [0.25, 0.3) is 10.0 Å². The highest BCUT2D eigenvalue weighted by Crippen LogP contribution is 2.30. The first-order chi connectivity index (χ1) is 13.5. The number of nitrogens with zero attached hydrogens (tertiary/aromatic N) is 1. The number of rotatable bonds is 7. The predicted octanol–water partition coefficient (Wildman–Crippen LogP) is 4.39. The van der Waals surface area contributed by atoms with Crippen molar-refractivity contribution in [2.45, 2.75) is 4.90 Å². The first-order valence-corrected chi connectivity index (χ1v) is 10.4. The van der Waals surface area contributed by atoms with Crippen molar-refractivity contribution in [1.82, 2.24) is 0 Å². The Morgan fingerprint density at radius 1 is 0.857 bits per heavy atom. The Balaban J connectivity index is 1.84. The Morgan fingerprint density at radius 2 is 1.43 bits per heavy atom. The molecule has 0 saturated carbocycles. The molecule has 7 heteroatoms.